The van der Waals surface area contributed by atoms with E-state index in [1.165, 1.54) is 0 Å². The van der Waals surface area contributed by atoms with Crippen LogP contribution in [0.15, 0.2) is 18.2 Å². The Balaban J connectivity index is 1.59. The van der Waals surface area contributed by atoms with E-state index in [2.05, 4.69) is 6.92 Å². The Hall–Kier alpha value is -2.04. The lowest BCUT2D eigenvalue weighted by molar-refractivity contribution is -0.138. The van der Waals surface area contributed by atoms with Crippen molar-refractivity contribution in [1.82, 2.24) is 9.80 Å². The quantitative estimate of drug-likeness (QED) is 0.834. The van der Waals surface area contributed by atoms with E-state index in [1.54, 1.807) is 7.11 Å². The first-order chi connectivity index (χ1) is 12.5. The maximum atomic E-state index is 12.9. The number of nitrogens with zero attached hydrogens (tertiary/aromatic N) is 2. The first-order valence-corrected chi connectivity index (χ1v) is 9.72. The van der Waals surface area contributed by atoms with Crippen LogP contribution in [0, 0.1) is 18.8 Å². The third-order valence-electron chi connectivity index (χ3n) is 5.81. The van der Waals surface area contributed by atoms with Crippen molar-refractivity contribution in [3.63, 3.8) is 0 Å². The summed E-state index contributed by atoms with van der Waals surface area (Å²) < 4.78 is 5.35. The minimum atomic E-state index is 0.00301. The maximum absolute atomic E-state index is 12.9. The van der Waals surface area contributed by atoms with Crippen molar-refractivity contribution in [2.45, 2.75) is 39.5 Å². The molecule has 0 N–H and O–H groups in total. The van der Waals surface area contributed by atoms with Gasteiger partial charge in [0.05, 0.1) is 12.7 Å². The van der Waals surface area contributed by atoms with Crippen LogP contribution < -0.4 is 4.74 Å². The predicted octanol–water partition coefficient (Wildman–Crippen LogP) is 3.11. The molecule has 1 aromatic rings. The van der Waals surface area contributed by atoms with Crippen LogP contribution >= 0.6 is 0 Å². The van der Waals surface area contributed by atoms with Gasteiger partial charge in [0.15, 0.2) is 0 Å². The molecule has 2 aliphatic rings. The number of benzene rings is 1. The molecule has 1 aromatic carbocycles. The van der Waals surface area contributed by atoms with Crippen LogP contribution in [0.3, 0.4) is 0 Å². The molecule has 2 fully saturated rings. The molecule has 2 saturated heterocycles. The smallest absolute Gasteiger partial charge is 0.257 e. The first-order valence-electron chi connectivity index (χ1n) is 9.72. The highest BCUT2D eigenvalue weighted by Gasteiger charge is 2.32. The molecule has 0 bridgehead atoms. The largest absolute Gasteiger partial charge is 0.496 e. The average molecular weight is 358 g/mol. The molecule has 3 rings (SSSR count). The second-order valence-corrected chi connectivity index (χ2v) is 7.78. The van der Waals surface area contributed by atoms with Gasteiger partial charge < -0.3 is 14.5 Å². The highest BCUT2D eigenvalue weighted by atomic mass is 16.5. The molecule has 0 aliphatic carbocycles. The topological polar surface area (TPSA) is 49.9 Å². The van der Waals surface area contributed by atoms with E-state index in [0.717, 1.165) is 50.3 Å². The van der Waals surface area contributed by atoms with Crippen LogP contribution in [0.25, 0.3) is 0 Å². The zero-order valence-corrected chi connectivity index (χ0v) is 16.2. The Morgan fingerprint density at radius 1 is 1.00 bits per heavy atom. The number of carbonyl (C=O) groups excluding carboxylic acids is 2. The summed E-state index contributed by atoms with van der Waals surface area (Å²) in [7, 11) is 1.59. The van der Waals surface area contributed by atoms with Gasteiger partial charge in [-0.3, -0.25) is 9.59 Å². The Kier molecular flexibility index (Phi) is 5.84. The molecular weight excluding hydrogens is 328 g/mol. The first kappa shape index (κ1) is 18.7. The second kappa shape index (κ2) is 8.11. The summed E-state index contributed by atoms with van der Waals surface area (Å²) >= 11 is 0. The molecule has 0 unspecified atom stereocenters. The maximum Gasteiger partial charge on any atom is 0.257 e. The predicted molar refractivity (Wildman–Crippen MR) is 101 cm³/mol. The van der Waals surface area contributed by atoms with Crippen LogP contribution in [-0.2, 0) is 4.79 Å². The molecule has 5 heteroatoms. The zero-order chi connectivity index (χ0) is 18.7. The number of hydrogen-bond donors (Lipinski definition) is 0. The number of aryl methyl sites for hydroxylation is 1. The average Bonchev–Trinajstić information content (AvgIpc) is 2.67. The summed E-state index contributed by atoms with van der Waals surface area (Å²) in [6.07, 6.45) is 3.72. The van der Waals surface area contributed by atoms with Crippen molar-refractivity contribution in [3.8, 4) is 5.75 Å². The second-order valence-electron chi connectivity index (χ2n) is 7.78. The lowest BCUT2D eigenvalue weighted by atomic mass is 9.92. The number of methoxy groups -OCH3 is 1. The number of hydrogen-bond acceptors (Lipinski definition) is 3. The molecule has 26 heavy (non-hydrogen) atoms. The van der Waals surface area contributed by atoms with E-state index >= 15 is 0 Å². The minimum absolute atomic E-state index is 0.00301. The number of rotatable bonds is 3. The van der Waals surface area contributed by atoms with E-state index in [-0.39, 0.29) is 17.7 Å². The fourth-order valence-electron chi connectivity index (χ4n) is 3.98. The SMILES string of the molecule is COc1ccc(C)cc1C(=O)N1CCC(C(=O)N2CCC(C)CC2)CC1. The molecule has 2 amide bonds. The Morgan fingerprint density at radius 2 is 1.62 bits per heavy atom. The number of carbonyl (C=O) groups is 2. The molecule has 0 spiro atoms. The number of amides is 2. The Labute approximate surface area is 156 Å². The van der Waals surface area contributed by atoms with Gasteiger partial charge in [-0.05, 0) is 50.7 Å². The summed E-state index contributed by atoms with van der Waals surface area (Å²) in [5.74, 6) is 1.69. The van der Waals surface area contributed by atoms with Crippen molar-refractivity contribution in [2.75, 3.05) is 33.3 Å². The Bertz CT molecular complexity index is 657. The minimum Gasteiger partial charge on any atom is -0.496 e. The standard InChI is InChI=1S/C21H30N2O3/c1-15-6-10-22(11-7-15)20(24)17-8-12-23(13-9-17)21(25)18-14-16(2)4-5-19(18)26-3/h4-5,14-15,17H,6-13H2,1-3H3. The van der Waals surface area contributed by atoms with E-state index < -0.39 is 0 Å². The zero-order valence-electron chi connectivity index (χ0n) is 16.2. The van der Waals surface area contributed by atoms with Crippen molar-refractivity contribution in [3.05, 3.63) is 29.3 Å². The van der Waals surface area contributed by atoms with Gasteiger partial charge in [-0.25, -0.2) is 0 Å². The number of likely N-dealkylation sites (tertiary alicyclic amines) is 2. The van der Waals surface area contributed by atoms with Crippen molar-refractivity contribution >= 4 is 11.8 Å². The number of ether oxygens (including phenoxy) is 1. The van der Waals surface area contributed by atoms with Gasteiger partial charge in [0.1, 0.15) is 5.75 Å². The van der Waals surface area contributed by atoms with Crippen LogP contribution in [0.2, 0.25) is 0 Å². The fraction of sp³-hybridized carbons (Fsp3) is 0.619. The van der Waals surface area contributed by atoms with E-state index in [9.17, 15) is 9.59 Å². The molecule has 0 saturated carbocycles. The molecule has 0 radical (unpaired) electrons. The number of piperidine rings is 2. The summed E-state index contributed by atoms with van der Waals surface area (Å²) in [4.78, 5) is 29.5. The summed E-state index contributed by atoms with van der Waals surface area (Å²) in [5, 5.41) is 0. The normalized spacial score (nSPS) is 19.5. The van der Waals surface area contributed by atoms with Crippen molar-refractivity contribution < 1.29 is 14.3 Å². The monoisotopic (exact) mass is 358 g/mol. The van der Waals surface area contributed by atoms with Crippen LogP contribution in [0.4, 0.5) is 0 Å². The molecule has 142 valence electrons. The van der Waals surface area contributed by atoms with Gasteiger partial charge in [0, 0.05) is 32.1 Å². The van der Waals surface area contributed by atoms with Gasteiger partial charge in [-0.1, -0.05) is 18.6 Å². The van der Waals surface area contributed by atoms with Gasteiger partial charge in [0.2, 0.25) is 5.91 Å². The van der Waals surface area contributed by atoms with E-state index in [4.69, 9.17) is 4.74 Å². The summed E-state index contributed by atoms with van der Waals surface area (Å²) in [5.41, 5.74) is 1.65. The van der Waals surface area contributed by atoms with Gasteiger partial charge >= 0.3 is 0 Å². The van der Waals surface area contributed by atoms with Gasteiger partial charge in [-0.2, -0.15) is 0 Å². The third-order valence-corrected chi connectivity index (χ3v) is 5.81. The fourth-order valence-corrected chi connectivity index (χ4v) is 3.98. The van der Waals surface area contributed by atoms with Crippen LogP contribution in [-0.4, -0.2) is 54.9 Å². The van der Waals surface area contributed by atoms with E-state index in [0.29, 0.717) is 24.4 Å². The molecule has 2 heterocycles. The lowest BCUT2D eigenvalue weighted by Gasteiger charge is -2.36. The van der Waals surface area contributed by atoms with Crippen LogP contribution in [0.1, 0.15) is 48.5 Å². The Morgan fingerprint density at radius 3 is 2.23 bits per heavy atom. The molecular formula is C21H30N2O3. The molecule has 2 aliphatic heterocycles. The highest BCUT2D eigenvalue weighted by Crippen LogP contribution is 2.27. The van der Waals surface area contributed by atoms with Gasteiger partial charge in [0.25, 0.3) is 5.91 Å². The van der Waals surface area contributed by atoms with Crippen molar-refractivity contribution in [2.24, 2.45) is 11.8 Å². The summed E-state index contributed by atoms with van der Waals surface area (Å²) in [6, 6.07) is 5.67. The third kappa shape index (κ3) is 4.02. The van der Waals surface area contributed by atoms with Crippen LogP contribution in [0.5, 0.6) is 5.75 Å². The van der Waals surface area contributed by atoms with E-state index in [1.807, 2.05) is 34.9 Å². The molecule has 0 atom stereocenters. The summed E-state index contributed by atoms with van der Waals surface area (Å²) in [6.45, 7) is 7.28. The molecule has 5 nitrogen and oxygen atoms in total. The van der Waals surface area contributed by atoms with Crippen molar-refractivity contribution in [1.29, 1.82) is 0 Å². The van der Waals surface area contributed by atoms with Gasteiger partial charge in [-0.15, -0.1) is 0 Å². The lowest BCUT2D eigenvalue weighted by Crippen LogP contribution is -2.46. The highest BCUT2D eigenvalue weighted by molar-refractivity contribution is 5.97. The molecule has 0 aromatic heterocycles.